The van der Waals surface area contributed by atoms with Gasteiger partial charge in [0.2, 0.25) is 0 Å². The quantitative estimate of drug-likeness (QED) is 0.105. The van der Waals surface area contributed by atoms with Gasteiger partial charge in [0.05, 0.1) is 13.1 Å². The number of hydrogen-bond donors (Lipinski definition) is 1. The Kier molecular flexibility index (Phi) is 9.62. The van der Waals surface area contributed by atoms with Gasteiger partial charge in [-0.3, -0.25) is 0 Å². The molecule has 3 rings (SSSR count). The predicted octanol–water partition coefficient (Wildman–Crippen LogP) is -0.872. The van der Waals surface area contributed by atoms with Gasteiger partial charge in [0, 0.05) is 4.91 Å². The van der Waals surface area contributed by atoms with Crippen molar-refractivity contribution in [3.05, 3.63) is 10.4 Å². The summed E-state index contributed by atoms with van der Waals surface area (Å²) in [5.41, 5.74) is -3.08. The first-order valence-corrected chi connectivity index (χ1v) is 10.4. The number of quaternary nitrogens is 2. The molecule has 11 nitrogen and oxygen atoms in total. The maximum atomic E-state index is 10.7. The van der Waals surface area contributed by atoms with Crippen molar-refractivity contribution in [1.29, 1.82) is 0 Å². The lowest BCUT2D eigenvalue weighted by atomic mass is 10.1. The topological polar surface area (TPSA) is 168 Å². The molecule has 3 aliphatic rings. The molecule has 0 saturated carbocycles. The maximum Gasteiger partial charge on any atom is 0.485 e. The Morgan fingerprint density at radius 1 is 0.897 bits per heavy atom. The molecule has 29 heavy (non-hydrogen) atoms. The predicted molar refractivity (Wildman–Crippen MR) is 80.8 cm³/mol. The third-order valence-corrected chi connectivity index (χ3v) is 5.26. The van der Waals surface area contributed by atoms with Crippen LogP contribution in [0.25, 0.3) is 10.4 Å². The highest BCUT2D eigenvalue weighted by Gasteiger charge is 2.40. The van der Waals surface area contributed by atoms with Crippen LogP contribution < -0.4 is 4.90 Å². The van der Waals surface area contributed by atoms with Crippen LogP contribution in [0.3, 0.4) is 0 Å². The van der Waals surface area contributed by atoms with E-state index < -0.39 is 31.3 Å². The van der Waals surface area contributed by atoms with Crippen LogP contribution in [0, 0.1) is 0 Å². The lowest BCUT2D eigenvalue weighted by Crippen LogP contribution is -3.19. The van der Waals surface area contributed by atoms with E-state index >= 15 is 0 Å². The number of rotatable bonds is 3. The van der Waals surface area contributed by atoms with Crippen LogP contribution in [-0.4, -0.2) is 93.8 Å². The van der Waals surface area contributed by atoms with Gasteiger partial charge in [0.25, 0.3) is 0 Å². The van der Waals surface area contributed by atoms with E-state index in [1.807, 2.05) is 0 Å². The van der Waals surface area contributed by atoms with Gasteiger partial charge in [0.1, 0.15) is 39.3 Å². The van der Waals surface area contributed by atoms with E-state index in [-0.39, 0.29) is 0 Å². The van der Waals surface area contributed by atoms with Crippen LogP contribution in [-0.2, 0) is 20.2 Å². The van der Waals surface area contributed by atoms with Gasteiger partial charge >= 0.3 is 11.0 Å². The summed E-state index contributed by atoms with van der Waals surface area (Å²) in [6.07, 6.45) is 0. The van der Waals surface area contributed by atoms with Gasteiger partial charge < -0.3 is 18.5 Å². The van der Waals surface area contributed by atoms with Gasteiger partial charge in [-0.2, -0.15) is 26.3 Å². The zero-order chi connectivity index (χ0) is 23.1. The number of nitrogens with zero attached hydrogens (tertiary/aromatic N) is 4. The van der Waals surface area contributed by atoms with Crippen molar-refractivity contribution in [1.82, 2.24) is 0 Å². The van der Waals surface area contributed by atoms with Crippen molar-refractivity contribution in [3.8, 4) is 0 Å². The minimum Gasteiger partial charge on any atom is -0.741 e. The second kappa shape index (κ2) is 10.1. The summed E-state index contributed by atoms with van der Waals surface area (Å²) in [4.78, 5) is 4.58. The van der Waals surface area contributed by atoms with E-state index in [9.17, 15) is 26.3 Å². The lowest BCUT2D eigenvalue weighted by molar-refractivity contribution is -1.07. The van der Waals surface area contributed by atoms with E-state index in [2.05, 4.69) is 10.0 Å². The summed E-state index contributed by atoms with van der Waals surface area (Å²) < 4.78 is 119. The highest BCUT2D eigenvalue weighted by molar-refractivity contribution is 7.86. The summed E-state index contributed by atoms with van der Waals surface area (Å²) in [5, 5.41) is 3.63. The van der Waals surface area contributed by atoms with Crippen LogP contribution in [0.2, 0.25) is 0 Å². The molecular weight excluding hydrogens is 464 g/mol. The molecule has 3 heterocycles. The Bertz CT molecular complexity index is 729. The summed E-state index contributed by atoms with van der Waals surface area (Å²) in [5.74, 6) is 0. The van der Waals surface area contributed by atoms with Crippen molar-refractivity contribution >= 4 is 20.2 Å². The lowest BCUT2D eigenvalue weighted by Gasteiger charge is -2.47. The first kappa shape index (κ1) is 27.6. The Morgan fingerprint density at radius 3 is 1.45 bits per heavy atom. The Morgan fingerprint density at radius 2 is 1.21 bits per heavy atom. The number of azide groups is 1. The van der Waals surface area contributed by atoms with E-state index in [1.54, 1.807) is 4.90 Å². The molecule has 172 valence electrons. The fraction of sp³-hybridized carbons (Fsp3) is 1.00. The molecule has 2 bridgehead atoms. The number of fused-ring (bicyclic) bond motifs is 3. The SMILES string of the molecule is O=S(=O)([O-])C(F)(F)F.O=S(=O)([O-])C(F)(F)F.[N-]=[N+]=NCC[N+]12CC[NH+](CC1)CC2. The van der Waals surface area contributed by atoms with E-state index in [0.717, 1.165) is 6.54 Å². The van der Waals surface area contributed by atoms with Crippen molar-refractivity contribution in [2.45, 2.75) is 11.0 Å². The second-order valence-corrected chi connectivity index (χ2v) is 8.73. The standard InChI is InChI=1S/C8H16N5.2CHF3O3S/c9-11-10-1-5-13-6-2-12(3-7-13)4-8-13;2*2-1(3,4)8(5,6)7/h1-8H2;2*(H,5,6,7)/q+1;;/p-1. The molecule has 3 saturated heterocycles. The average molecular weight is 481 g/mol. The normalized spacial score (nSPS) is 24.3. The minimum atomic E-state index is -6.09. The maximum absolute atomic E-state index is 10.7. The number of hydrogen-bond acceptors (Lipinski definition) is 7. The van der Waals surface area contributed by atoms with Crippen molar-refractivity contribution in [3.63, 3.8) is 0 Å². The monoisotopic (exact) mass is 481 g/mol. The van der Waals surface area contributed by atoms with E-state index in [4.69, 9.17) is 31.5 Å². The molecule has 3 aliphatic heterocycles. The smallest absolute Gasteiger partial charge is 0.485 e. The second-order valence-electron chi connectivity index (χ2n) is 5.99. The molecule has 0 aliphatic carbocycles. The zero-order valence-electron chi connectivity index (χ0n) is 14.5. The largest absolute Gasteiger partial charge is 0.741 e. The average Bonchev–Trinajstić information content (AvgIpc) is 2.54. The first-order chi connectivity index (χ1) is 12.8. The Balaban J connectivity index is 0.000000432. The Hall–Kier alpha value is -1.37. The fourth-order valence-electron chi connectivity index (χ4n) is 2.53. The van der Waals surface area contributed by atoms with Crippen molar-refractivity contribution in [2.24, 2.45) is 5.11 Å². The molecule has 1 N–H and O–H groups in total. The summed E-state index contributed by atoms with van der Waals surface area (Å²) in [7, 11) is -12.2. The molecule has 0 spiro atoms. The van der Waals surface area contributed by atoms with Gasteiger partial charge in [-0.25, -0.2) is 16.8 Å². The molecule has 0 atom stereocenters. The van der Waals surface area contributed by atoms with Crippen LogP contribution in [0.15, 0.2) is 5.11 Å². The third kappa shape index (κ3) is 9.79. The van der Waals surface area contributed by atoms with Crippen molar-refractivity contribution in [2.75, 3.05) is 52.4 Å². The third-order valence-electron chi connectivity index (χ3n) is 4.12. The van der Waals surface area contributed by atoms with E-state index in [1.165, 1.54) is 43.8 Å². The van der Waals surface area contributed by atoms with Gasteiger partial charge in [-0.05, 0) is 5.53 Å². The fourth-order valence-corrected chi connectivity index (χ4v) is 2.53. The van der Waals surface area contributed by atoms with Gasteiger partial charge in [-0.1, -0.05) is 5.11 Å². The molecule has 0 aromatic carbocycles. The highest BCUT2D eigenvalue weighted by atomic mass is 32.2. The van der Waals surface area contributed by atoms with E-state index in [0.29, 0.717) is 6.54 Å². The molecule has 0 amide bonds. The number of piperazine rings is 3. The molecule has 0 aromatic heterocycles. The van der Waals surface area contributed by atoms with Crippen LogP contribution in [0.1, 0.15) is 0 Å². The molecule has 0 radical (unpaired) electrons. The van der Waals surface area contributed by atoms with Gasteiger partial charge in [-0.15, -0.1) is 0 Å². The minimum absolute atomic E-state index is 0.672. The number of nitrogens with one attached hydrogen (secondary N) is 1. The summed E-state index contributed by atoms with van der Waals surface area (Å²) in [6, 6.07) is 0. The molecule has 0 aromatic rings. The summed E-state index contributed by atoms with van der Waals surface area (Å²) >= 11 is 0. The van der Waals surface area contributed by atoms with Crippen molar-refractivity contribution < 1.29 is 61.7 Å². The van der Waals surface area contributed by atoms with Crippen LogP contribution in [0.5, 0.6) is 0 Å². The van der Waals surface area contributed by atoms with Crippen LogP contribution in [0.4, 0.5) is 26.3 Å². The Labute approximate surface area is 161 Å². The summed E-state index contributed by atoms with van der Waals surface area (Å²) in [6.45, 7) is 9.54. The van der Waals surface area contributed by atoms with Gasteiger partial charge in [0.15, 0.2) is 20.2 Å². The molecular formula is C10H17F6N5O6S2. The number of halogens is 6. The molecule has 3 fully saturated rings. The highest BCUT2D eigenvalue weighted by Crippen LogP contribution is 2.21. The first-order valence-electron chi connectivity index (χ1n) is 7.58. The number of alkyl halides is 6. The molecule has 0 unspecified atom stereocenters. The zero-order valence-corrected chi connectivity index (χ0v) is 16.1. The molecule has 19 heteroatoms. The van der Waals surface area contributed by atoms with Crippen LogP contribution >= 0.6 is 0 Å².